The maximum atomic E-state index is 12.8. The molecule has 1 aliphatic heterocycles. The van der Waals surface area contributed by atoms with Crippen LogP contribution in [-0.2, 0) is 0 Å². The lowest BCUT2D eigenvalue weighted by atomic mass is 9.98. The van der Waals surface area contributed by atoms with Gasteiger partial charge in [0.25, 0.3) is 5.91 Å². The molecule has 1 saturated heterocycles. The molecule has 5 nitrogen and oxygen atoms in total. The second-order valence-electron chi connectivity index (χ2n) is 8.17. The topological polar surface area (TPSA) is 50.8 Å². The average Bonchev–Trinajstić information content (AvgIpc) is 2.83. The molecule has 0 aromatic heterocycles. The number of piperidine rings is 1. The first-order valence-corrected chi connectivity index (χ1v) is 10.8. The van der Waals surface area contributed by atoms with Crippen LogP contribution in [0.1, 0.15) is 41.7 Å². The van der Waals surface area contributed by atoms with Gasteiger partial charge in [-0.25, -0.2) is 0 Å². The van der Waals surface area contributed by atoms with E-state index in [0.29, 0.717) is 23.1 Å². The van der Waals surface area contributed by atoms with E-state index in [0.717, 1.165) is 25.9 Å². The van der Waals surface area contributed by atoms with E-state index in [2.05, 4.69) is 59.6 Å². The van der Waals surface area contributed by atoms with Gasteiger partial charge in [0.15, 0.2) is 0 Å². The molecule has 0 bridgehead atoms. The van der Waals surface area contributed by atoms with Gasteiger partial charge in [-0.3, -0.25) is 9.69 Å². The second kappa shape index (κ2) is 9.40. The molecule has 0 saturated carbocycles. The number of amides is 1. The van der Waals surface area contributed by atoms with Crippen molar-refractivity contribution in [3.05, 3.63) is 71.8 Å². The number of methoxy groups -OCH3 is 2. The fourth-order valence-corrected chi connectivity index (χ4v) is 4.32. The van der Waals surface area contributed by atoms with Crippen LogP contribution >= 0.6 is 0 Å². The molecular formula is C26H30N2O3. The Morgan fingerprint density at radius 2 is 1.58 bits per heavy atom. The quantitative estimate of drug-likeness (QED) is 0.624. The van der Waals surface area contributed by atoms with Gasteiger partial charge in [0, 0.05) is 36.8 Å². The number of ether oxygens (including phenoxy) is 2. The number of benzene rings is 3. The first-order chi connectivity index (χ1) is 15.1. The van der Waals surface area contributed by atoms with E-state index >= 15 is 0 Å². The smallest absolute Gasteiger partial charge is 0.251 e. The van der Waals surface area contributed by atoms with E-state index in [-0.39, 0.29) is 11.9 Å². The molecule has 5 heteroatoms. The Bertz CT molecular complexity index is 1040. The Labute approximate surface area is 184 Å². The Morgan fingerprint density at radius 1 is 0.935 bits per heavy atom. The van der Waals surface area contributed by atoms with Crippen LogP contribution in [0, 0.1) is 0 Å². The van der Waals surface area contributed by atoms with Crippen LogP contribution in [0.2, 0.25) is 0 Å². The normalized spacial score (nSPS) is 16.1. The number of carbonyl (C=O) groups is 1. The van der Waals surface area contributed by atoms with E-state index in [1.807, 2.05) is 0 Å². The molecule has 3 aromatic rings. The van der Waals surface area contributed by atoms with Crippen molar-refractivity contribution in [1.82, 2.24) is 10.2 Å². The number of carbonyl (C=O) groups excluding carboxylic acids is 1. The number of fused-ring (bicyclic) bond motifs is 1. The summed E-state index contributed by atoms with van der Waals surface area (Å²) < 4.78 is 10.6. The van der Waals surface area contributed by atoms with Crippen molar-refractivity contribution in [2.24, 2.45) is 0 Å². The van der Waals surface area contributed by atoms with Gasteiger partial charge in [0.1, 0.15) is 11.5 Å². The summed E-state index contributed by atoms with van der Waals surface area (Å²) in [4.78, 5) is 15.3. The third-order valence-corrected chi connectivity index (χ3v) is 6.28. The zero-order chi connectivity index (χ0) is 21.8. The van der Waals surface area contributed by atoms with Gasteiger partial charge >= 0.3 is 0 Å². The van der Waals surface area contributed by atoms with Crippen molar-refractivity contribution in [2.75, 3.05) is 27.3 Å². The highest BCUT2D eigenvalue weighted by molar-refractivity contribution is 5.95. The summed E-state index contributed by atoms with van der Waals surface area (Å²) in [6.45, 7) is 4.19. The molecule has 1 heterocycles. The van der Waals surface area contributed by atoms with Gasteiger partial charge in [0.05, 0.1) is 14.2 Å². The fraction of sp³-hybridized carbons (Fsp3) is 0.346. The third-order valence-electron chi connectivity index (χ3n) is 6.28. The maximum Gasteiger partial charge on any atom is 0.251 e. The molecule has 0 radical (unpaired) electrons. The van der Waals surface area contributed by atoms with Crippen LogP contribution in [0.5, 0.6) is 11.5 Å². The zero-order valence-corrected chi connectivity index (χ0v) is 18.4. The fourth-order valence-electron chi connectivity index (χ4n) is 4.32. The largest absolute Gasteiger partial charge is 0.497 e. The van der Waals surface area contributed by atoms with E-state index in [1.54, 1.807) is 32.4 Å². The standard InChI is InChI=1S/C26H30N2O3/c1-18(20-9-8-19-6-4-5-7-21(19)14-20)28-12-10-23(11-13-28)27-26(29)22-15-24(30-2)17-25(16-22)31-3/h4-9,14-18,23H,10-13H2,1-3H3,(H,27,29). The number of nitrogens with zero attached hydrogens (tertiary/aromatic N) is 1. The third kappa shape index (κ3) is 4.83. The summed E-state index contributed by atoms with van der Waals surface area (Å²) >= 11 is 0. The number of hydrogen-bond donors (Lipinski definition) is 1. The molecule has 1 aliphatic rings. The molecule has 0 spiro atoms. The first-order valence-electron chi connectivity index (χ1n) is 10.8. The summed E-state index contributed by atoms with van der Waals surface area (Å²) in [5.74, 6) is 1.14. The summed E-state index contributed by atoms with van der Waals surface area (Å²) in [5.41, 5.74) is 1.90. The molecule has 0 aliphatic carbocycles. The van der Waals surface area contributed by atoms with Gasteiger partial charge in [-0.05, 0) is 54.3 Å². The summed E-state index contributed by atoms with van der Waals surface area (Å²) in [7, 11) is 3.17. The van der Waals surface area contributed by atoms with Crippen molar-refractivity contribution in [1.29, 1.82) is 0 Å². The van der Waals surface area contributed by atoms with Crippen molar-refractivity contribution in [2.45, 2.75) is 31.8 Å². The minimum absolute atomic E-state index is 0.0850. The molecular weight excluding hydrogens is 388 g/mol. The number of likely N-dealkylation sites (tertiary alicyclic amines) is 1. The Kier molecular flexibility index (Phi) is 6.42. The number of hydrogen-bond acceptors (Lipinski definition) is 4. The lowest BCUT2D eigenvalue weighted by Gasteiger charge is -2.36. The summed E-state index contributed by atoms with van der Waals surface area (Å²) in [6, 6.07) is 21.0. The lowest BCUT2D eigenvalue weighted by molar-refractivity contribution is 0.0895. The average molecular weight is 419 g/mol. The van der Waals surface area contributed by atoms with Crippen molar-refractivity contribution in [3.8, 4) is 11.5 Å². The van der Waals surface area contributed by atoms with E-state index in [4.69, 9.17) is 9.47 Å². The molecule has 1 amide bonds. The molecule has 3 aromatic carbocycles. The van der Waals surface area contributed by atoms with Crippen LogP contribution in [0.25, 0.3) is 10.8 Å². The zero-order valence-electron chi connectivity index (χ0n) is 18.4. The van der Waals surface area contributed by atoms with Gasteiger partial charge in [-0.15, -0.1) is 0 Å². The van der Waals surface area contributed by atoms with Crippen molar-refractivity contribution >= 4 is 16.7 Å². The molecule has 1 unspecified atom stereocenters. The lowest BCUT2D eigenvalue weighted by Crippen LogP contribution is -2.45. The predicted octanol–water partition coefficient (Wildman–Crippen LogP) is 4.81. The number of nitrogens with one attached hydrogen (secondary N) is 1. The molecule has 1 atom stereocenters. The Morgan fingerprint density at radius 3 is 2.23 bits per heavy atom. The van der Waals surface area contributed by atoms with Crippen LogP contribution in [-0.4, -0.2) is 44.2 Å². The van der Waals surface area contributed by atoms with Crippen molar-refractivity contribution in [3.63, 3.8) is 0 Å². The molecule has 4 rings (SSSR count). The highest BCUT2D eigenvalue weighted by Crippen LogP contribution is 2.27. The van der Waals surface area contributed by atoms with Crippen LogP contribution < -0.4 is 14.8 Å². The maximum absolute atomic E-state index is 12.8. The Balaban J connectivity index is 1.36. The van der Waals surface area contributed by atoms with Gasteiger partial charge in [-0.1, -0.05) is 36.4 Å². The predicted molar refractivity (Wildman–Crippen MR) is 124 cm³/mol. The van der Waals surface area contributed by atoms with Crippen LogP contribution in [0.4, 0.5) is 0 Å². The van der Waals surface area contributed by atoms with E-state index in [9.17, 15) is 4.79 Å². The minimum Gasteiger partial charge on any atom is -0.497 e. The second-order valence-corrected chi connectivity index (χ2v) is 8.17. The molecule has 31 heavy (non-hydrogen) atoms. The first kappa shape index (κ1) is 21.2. The minimum atomic E-state index is -0.0850. The van der Waals surface area contributed by atoms with E-state index in [1.165, 1.54) is 16.3 Å². The molecule has 1 fully saturated rings. The van der Waals surface area contributed by atoms with Crippen LogP contribution in [0.3, 0.4) is 0 Å². The Hall–Kier alpha value is -3.05. The summed E-state index contributed by atoms with van der Waals surface area (Å²) in [5, 5.41) is 5.74. The van der Waals surface area contributed by atoms with Gasteiger partial charge in [0.2, 0.25) is 0 Å². The van der Waals surface area contributed by atoms with E-state index < -0.39 is 0 Å². The van der Waals surface area contributed by atoms with Crippen LogP contribution in [0.15, 0.2) is 60.7 Å². The van der Waals surface area contributed by atoms with Gasteiger partial charge < -0.3 is 14.8 Å². The molecule has 162 valence electrons. The van der Waals surface area contributed by atoms with Gasteiger partial charge in [-0.2, -0.15) is 0 Å². The summed E-state index contributed by atoms with van der Waals surface area (Å²) in [6.07, 6.45) is 1.87. The highest BCUT2D eigenvalue weighted by atomic mass is 16.5. The highest BCUT2D eigenvalue weighted by Gasteiger charge is 2.25. The monoisotopic (exact) mass is 418 g/mol. The molecule has 1 N–H and O–H groups in total. The SMILES string of the molecule is COc1cc(OC)cc(C(=O)NC2CCN(C(C)c3ccc4ccccc4c3)CC2)c1. The van der Waals surface area contributed by atoms with Crippen molar-refractivity contribution < 1.29 is 14.3 Å². The number of rotatable bonds is 6.